The van der Waals surface area contributed by atoms with Gasteiger partial charge in [-0.3, -0.25) is 24.2 Å². The molecule has 194 valence electrons. The van der Waals surface area contributed by atoms with E-state index in [1.165, 1.54) is 0 Å². The highest BCUT2D eigenvalue weighted by Crippen LogP contribution is 2.33. The summed E-state index contributed by atoms with van der Waals surface area (Å²) in [5, 5.41) is 4.42. The molecule has 0 saturated carbocycles. The summed E-state index contributed by atoms with van der Waals surface area (Å²) in [6, 6.07) is 16.4. The van der Waals surface area contributed by atoms with E-state index in [-0.39, 0.29) is 23.9 Å². The second kappa shape index (κ2) is 10.8. The van der Waals surface area contributed by atoms with Gasteiger partial charge in [0.1, 0.15) is 5.69 Å². The molecule has 0 aliphatic carbocycles. The maximum atomic E-state index is 14.1. The van der Waals surface area contributed by atoms with Crippen LogP contribution in [0.1, 0.15) is 67.8 Å². The summed E-state index contributed by atoms with van der Waals surface area (Å²) < 4.78 is 1.80. The lowest BCUT2D eigenvalue weighted by molar-refractivity contribution is -0.116. The van der Waals surface area contributed by atoms with Crippen molar-refractivity contribution < 1.29 is 9.59 Å². The summed E-state index contributed by atoms with van der Waals surface area (Å²) in [5.74, 6) is -0.0101. The Kier molecular flexibility index (Phi) is 7.37. The van der Waals surface area contributed by atoms with Gasteiger partial charge in [-0.2, -0.15) is 5.10 Å². The smallest absolute Gasteiger partial charge is 0.272 e. The number of amides is 2. The first kappa shape index (κ1) is 25.1. The van der Waals surface area contributed by atoms with Gasteiger partial charge < -0.3 is 9.80 Å². The third kappa shape index (κ3) is 5.30. The Morgan fingerprint density at radius 2 is 1.76 bits per heavy atom. The van der Waals surface area contributed by atoms with Crippen molar-refractivity contribution in [3.05, 3.63) is 77.9 Å². The number of rotatable bonds is 4. The minimum atomic E-state index is -0.0316. The molecule has 37 heavy (non-hydrogen) atoms. The molecule has 0 radical (unpaired) electrons. The average Bonchev–Trinajstić information content (AvgIpc) is 3.52. The fourth-order valence-corrected chi connectivity index (χ4v) is 5.83. The molecular weight excluding hydrogens is 464 g/mol. The Morgan fingerprint density at radius 1 is 0.973 bits per heavy atom. The van der Waals surface area contributed by atoms with E-state index in [4.69, 9.17) is 0 Å². The van der Waals surface area contributed by atoms with Crippen molar-refractivity contribution in [1.82, 2.24) is 24.6 Å². The first-order valence-electron chi connectivity index (χ1n) is 13.3. The molecule has 2 aromatic heterocycles. The quantitative estimate of drug-likeness (QED) is 0.534. The summed E-state index contributed by atoms with van der Waals surface area (Å²) in [6.45, 7) is 8.12. The van der Waals surface area contributed by atoms with Gasteiger partial charge in [-0.15, -0.1) is 0 Å². The number of nitrogens with zero attached hydrogens (tertiary/aromatic N) is 6. The Hall–Kier alpha value is -3.52. The van der Waals surface area contributed by atoms with Gasteiger partial charge >= 0.3 is 0 Å². The van der Waals surface area contributed by atoms with Crippen LogP contribution in [0.4, 0.5) is 5.69 Å². The summed E-state index contributed by atoms with van der Waals surface area (Å²) in [6.07, 6.45) is 6.46. The minimum absolute atomic E-state index is 0.0216. The molecule has 8 nitrogen and oxygen atoms in total. The second-order valence-electron chi connectivity index (χ2n) is 10.4. The zero-order chi connectivity index (χ0) is 25.9. The molecule has 2 atom stereocenters. The minimum Gasteiger partial charge on any atom is -0.331 e. The normalized spacial score (nSPS) is 20.5. The van der Waals surface area contributed by atoms with E-state index in [1.54, 1.807) is 17.8 Å². The maximum absolute atomic E-state index is 14.1. The Bertz CT molecular complexity index is 1240. The van der Waals surface area contributed by atoms with E-state index in [0.717, 1.165) is 42.8 Å². The predicted octanol–water partition coefficient (Wildman–Crippen LogP) is 4.29. The molecule has 0 spiro atoms. The van der Waals surface area contributed by atoms with Crippen molar-refractivity contribution in [3.63, 3.8) is 0 Å². The highest BCUT2D eigenvalue weighted by Gasteiger charge is 2.37. The monoisotopic (exact) mass is 500 g/mol. The van der Waals surface area contributed by atoms with Gasteiger partial charge in [0.15, 0.2) is 0 Å². The van der Waals surface area contributed by atoms with Crippen LogP contribution in [0.3, 0.4) is 0 Å². The molecule has 1 aromatic carbocycles. The Balaban J connectivity index is 1.55. The van der Waals surface area contributed by atoms with E-state index in [0.29, 0.717) is 31.4 Å². The van der Waals surface area contributed by atoms with E-state index in [9.17, 15) is 9.59 Å². The second-order valence-corrected chi connectivity index (χ2v) is 10.4. The van der Waals surface area contributed by atoms with Gasteiger partial charge in [-0.1, -0.05) is 24.3 Å². The molecule has 0 unspecified atom stereocenters. The van der Waals surface area contributed by atoms with Crippen molar-refractivity contribution >= 4 is 17.5 Å². The van der Waals surface area contributed by atoms with E-state index in [2.05, 4.69) is 21.0 Å². The maximum Gasteiger partial charge on any atom is 0.272 e. The molecule has 2 aliphatic heterocycles. The van der Waals surface area contributed by atoms with Gasteiger partial charge in [0.05, 0.1) is 5.69 Å². The standard InChI is InChI=1S/C29H36N6O2/c1-21(2)35-28(13-16-31-35)29(37)32-18-23-8-4-5-10-27(23)33(22(3)36)17-14-25-11-12-26(20-32)34(25)19-24-9-6-7-15-30-24/h4-10,13,15-16,21,25-26H,11-12,14,17-20H2,1-3H3/t25-,26+/m0/s1. The van der Waals surface area contributed by atoms with Gasteiger partial charge in [-0.25, -0.2) is 0 Å². The van der Waals surface area contributed by atoms with Crippen molar-refractivity contribution in [3.8, 4) is 0 Å². The molecule has 1 saturated heterocycles. The topological polar surface area (TPSA) is 74.6 Å². The lowest BCUT2D eigenvalue weighted by Gasteiger charge is -2.33. The number of carbonyl (C=O) groups excluding carboxylic acids is 2. The third-order valence-corrected chi connectivity index (χ3v) is 7.65. The number of para-hydroxylation sites is 1. The summed E-state index contributed by atoms with van der Waals surface area (Å²) in [4.78, 5) is 37.8. The van der Waals surface area contributed by atoms with Crippen LogP contribution < -0.4 is 4.90 Å². The SMILES string of the molecule is CC(=O)N1CC[C@@H]2CC[C@H](CN(C(=O)c3ccnn3C(C)C)Cc3ccccc31)N2Cc1ccccn1. The van der Waals surface area contributed by atoms with E-state index < -0.39 is 0 Å². The predicted molar refractivity (Wildman–Crippen MR) is 143 cm³/mol. The van der Waals surface area contributed by atoms with Crippen LogP contribution in [0.15, 0.2) is 60.9 Å². The molecule has 8 heteroatoms. The number of hydrogen-bond acceptors (Lipinski definition) is 5. The number of carbonyl (C=O) groups is 2. The molecular formula is C29H36N6O2. The van der Waals surface area contributed by atoms with E-state index in [1.807, 2.05) is 72.3 Å². The lowest BCUT2D eigenvalue weighted by Crippen LogP contribution is -2.45. The summed E-state index contributed by atoms with van der Waals surface area (Å²) >= 11 is 0. The molecule has 5 rings (SSSR count). The Morgan fingerprint density at radius 3 is 2.51 bits per heavy atom. The van der Waals surface area contributed by atoms with Crippen LogP contribution in [0.25, 0.3) is 0 Å². The molecule has 4 heterocycles. The van der Waals surface area contributed by atoms with Crippen molar-refractivity contribution in [2.24, 2.45) is 0 Å². The molecule has 2 aliphatic rings. The van der Waals surface area contributed by atoms with Gasteiger partial charge in [-0.05, 0) is 62.9 Å². The van der Waals surface area contributed by atoms with Crippen LogP contribution in [0, 0.1) is 0 Å². The molecule has 2 amide bonds. The largest absolute Gasteiger partial charge is 0.331 e. The first-order valence-corrected chi connectivity index (χ1v) is 13.3. The number of fused-ring (bicyclic) bond motifs is 3. The number of aromatic nitrogens is 3. The van der Waals surface area contributed by atoms with Gasteiger partial charge in [0.2, 0.25) is 5.91 Å². The highest BCUT2D eigenvalue weighted by atomic mass is 16.2. The third-order valence-electron chi connectivity index (χ3n) is 7.65. The van der Waals surface area contributed by atoms with Crippen LogP contribution in [0.5, 0.6) is 0 Å². The molecule has 2 bridgehead atoms. The number of benzene rings is 1. The zero-order valence-corrected chi connectivity index (χ0v) is 22.0. The first-order chi connectivity index (χ1) is 17.9. The van der Waals surface area contributed by atoms with Crippen LogP contribution in [-0.4, -0.2) is 61.6 Å². The van der Waals surface area contributed by atoms with Crippen LogP contribution in [-0.2, 0) is 17.9 Å². The number of hydrogen-bond donors (Lipinski definition) is 0. The molecule has 0 N–H and O–H groups in total. The van der Waals surface area contributed by atoms with Crippen molar-refractivity contribution in [2.75, 3.05) is 18.0 Å². The Labute approximate surface area is 218 Å². The number of anilines is 1. The molecule has 3 aromatic rings. The fourth-order valence-electron chi connectivity index (χ4n) is 5.83. The highest BCUT2D eigenvalue weighted by molar-refractivity contribution is 5.94. The van der Waals surface area contributed by atoms with Crippen LogP contribution >= 0.6 is 0 Å². The summed E-state index contributed by atoms with van der Waals surface area (Å²) in [5.41, 5.74) is 3.49. The van der Waals surface area contributed by atoms with Crippen molar-refractivity contribution in [2.45, 2.75) is 71.2 Å². The van der Waals surface area contributed by atoms with Crippen molar-refractivity contribution in [1.29, 1.82) is 0 Å². The van der Waals surface area contributed by atoms with E-state index >= 15 is 0 Å². The van der Waals surface area contributed by atoms with Gasteiger partial charge in [0, 0.05) is 69.3 Å². The fraction of sp³-hybridized carbons (Fsp3) is 0.448. The number of pyridine rings is 1. The molecule has 1 fully saturated rings. The van der Waals surface area contributed by atoms with Gasteiger partial charge in [0.25, 0.3) is 5.91 Å². The summed E-state index contributed by atoms with van der Waals surface area (Å²) in [7, 11) is 0. The lowest BCUT2D eigenvalue weighted by atomic mass is 10.1. The van der Waals surface area contributed by atoms with Crippen LogP contribution in [0.2, 0.25) is 0 Å². The average molecular weight is 501 g/mol. The zero-order valence-electron chi connectivity index (χ0n) is 22.0.